The Morgan fingerprint density at radius 1 is 1.28 bits per heavy atom. The van der Waals surface area contributed by atoms with E-state index in [0.29, 0.717) is 35.6 Å². The molecule has 4 rings (SSSR count). The zero-order valence-corrected chi connectivity index (χ0v) is 13.9. The number of nitrogens with zero attached hydrogens (tertiary/aromatic N) is 5. The van der Waals surface area contributed by atoms with Crippen molar-refractivity contribution in [2.75, 3.05) is 12.3 Å². The average molecular weight is 339 g/mol. The fourth-order valence-corrected chi connectivity index (χ4v) is 3.19. The summed E-state index contributed by atoms with van der Waals surface area (Å²) in [5, 5.41) is 4.37. The lowest BCUT2D eigenvalue weighted by atomic mass is 10.1. The van der Waals surface area contributed by atoms with Crippen LogP contribution in [0.15, 0.2) is 16.9 Å². The number of H-pyrrole nitrogens is 1. The van der Waals surface area contributed by atoms with E-state index >= 15 is 0 Å². The number of aromatic amines is 1. The predicted molar refractivity (Wildman–Crippen MR) is 90.2 cm³/mol. The molecule has 1 aliphatic heterocycles. The number of hydrogen-bond acceptors (Lipinski definition) is 6. The van der Waals surface area contributed by atoms with Crippen molar-refractivity contribution in [3.05, 3.63) is 50.8 Å². The molecule has 0 bridgehead atoms. The Morgan fingerprint density at radius 2 is 2.08 bits per heavy atom. The summed E-state index contributed by atoms with van der Waals surface area (Å²) in [5.74, 6) is -0.157. The van der Waals surface area contributed by atoms with Gasteiger partial charge < -0.3 is 10.6 Å². The van der Waals surface area contributed by atoms with E-state index in [1.807, 2.05) is 19.9 Å². The lowest BCUT2D eigenvalue weighted by molar-refractivity contribution is 0.0725. The molecule has 3 N–H and O–H groups in total. The molecule has 3 aromatic rings. The number of nitrogen functional groups attached to an aromatic ring is 1. The molecule has 0 aliphatic carbocycles. The van der Waals surface area contributed by atoms with Crippen LogP contribution in [0.3, 0.4) is 0 Å². The number of amides is 1. The van der Waals surface area contributed by atoms with Crippen LogP contribution in [0.5, 0.6) is 0 Å². The van der Waals surface area contributed by atoms with Crippen molar-refractivity contribution >= 4 is 17.5 Å². The first kappa shape index (κ1) is 15.3. The third-order valence-corrected chi connectivity index (χ3v) is 4.33. The van der Waals surface area contributed by atoms with Gasteiger partial charge in [-0.3, -0.25) is 14.6 Å². The largest absolute Gasteiger partial charge is 0.369 e. The zero-order chi connectivity index (χ0) is 17.7. The number of carbonyl (C=O) groups excluding carboxylic acids is 1. The molecule has 9 heteroatoms. The highest BCUT2D eigenvalue weighted by Gasteiger charge is 2.26. The summed E-state index contributed by atoms with van der Waals surface area (Å²) in [6, 6.07) is 3.59. The number of nitrogens with one attached hydrogen (secondary N) is 1. The van der Waals surface area contributed by atoms with Crippen LogP contribution in [0.25, 0.3) is 5.65 Å². The molecule has 0 aromatic carbocycles. The second kappa shape index (κ2) is 5.40. The molecule has 0 spiro atoms. The summed E-state index contributed by atoms with van der Waals surface area (Å²) >= 11 is 0. The Labute approximate surface area is 142 Å². The van der Waals surface area contributed by atoms with Gasteiger partial charge in [0.05, 0.1) is 12.2 Å². The number of nitrogens with two attached hydrogens (primary N) is 1. The van der Waals surface area contributed by atoms with E-state index in [-0.39, 0.29) is 24.0 Å². The Morgan fingerprint density at radius 3 is 2.88 bits per heavy atom. The molecule has 9 nitrogen and oxygen atoms in total. The maximum absolute atomic E-state index is 12.8. The highest BCUT2D eigenvalue weighted by molar-refractivity contribution is 5.93. The van der Waals surface area contributed by atoms with Gasteiger partial charge in [0.2, 0.25) is 5.95 Å². The molecule has 0 atom stereocenters. The van der Waals surface area contributed by atoms with Crippen molar-refractivity contribution in [2.24, 2.45) is 0 Å². The van der Waals surface area contributed by atoms with E-state index in [2.05, 4.69) is 20.1 Å². The van der Waals surface area contributed by atoms with Gasteiger partial charge in [-0.25, -0.2) is 14.5 Å². The minimum atomic E-state index is -0.238. The molecular formula is C16H17N7O2. The van der Waals surface area contributed by atoms with E-state index in [1.54, 1.807) is 15.5 Å². The van der Waals surface area contributed by atoms with Crippen molar-refractivity contribution in [3.63, 3.8) is 0 Å². The third kappa shape index (κ3) is 2.53. The molecule has 3 aromatic heterocycles. The van der Waals surface area contributed by atoms with Crippen LogP contribution < -0.4 is 11.3 Å². The number of anilines is 1. The first-order chi connectivity index (χ1) is 11.9. The van der Waals surface area contributed by atoms with Crippen LogP contribution in [-0.4, -0.2) is 41.9 Å². The molecule has 4 heterocycles. The molecule has 0 unspecified atom stereocenters. The van der Waals surface area contributed by atoms with Gasteiger partial charge in [-0.2, -0.15) is 5.10 Å². The van der Waals surface area contributed by atoms with Gasteiger partial charge in [-0.05, 0) is 26.3 Å². The summed E-state index contributed by atoms with van der Waals surface area (Å²) in [7, 11) is 0. The molecule has 0 saturated heterocycles. The van der Waals surface area contributed by atoms with Crippen molar-refractivity contribution < 1.29 is 4.79 Å². The fourth-order valence-electron chi connectivity index (χ4n) is 3.19. The first-order valence-corrected chi connectivity index (χ1v) is 7.93. The topological polar surface area (TPSA) is 122 Å². The van der Waals surface area contributed by atoms with Crippen LogP contribution in [0.2, 0.25) is 0 Å². The van der Waals surface area contributed by atoms with Gasteiger partial charge in [0.25, 0.3) is 11.5 Å². The Bertz CT molecular complexity index is 1070. The number of carbonyl (C=O) groups is 1. The summed E-state index contributed by atoms with van der Waals surface area (Å²) < 4.78 is 1.65. The standard InChI is InChI=1S/C16H17N7O2/c1-8-5-9(2)23-13(18-8)6-11(21-23)15(25)22-4-3-10-12(7-22)19-16(17)20-14(10)24/h5-6H,3-4,7H2,1-2H3,(H3,17,19,20,24). The van der Waals surface area contributed by atoms with Crippen molar-refractivity contribution in [1.29, 1.82) is 0 Å². The maximum Gasteiger partial charge on any atom is 0.274 e. The lowest BCUT2D eigenvalue weighted by Gasteiger charge is -2.26. The molecule has 0 fully saturated rings. The van der Waals surface area contributed by atoms with Crippen LogP contribution in [-0.2, 0) is 13.0 Å². The Hall–Kier alpha value is -3.23. The third-order valence-electron chi connectivity index (χ3n) is 4.33. The number of aromatic nitrogens is 5. The van der Waals surface area contributed by atoms with Crippen LogP contribution in [0.4, 0.5) is 5.95 Å². The van der Waals surface area contributed by atoms with E-state index in [1.165, 1.54) is 0 Å². The predicted octanol–water partition coefficient (Wildman–Crippen LogP) is 0.210. The second-order valence-corrected chi connectivity index (χ2v) is 6.19. The minimum Gasteiger partial charge on any atom is -0.369 e. The highest BCUT2D eigenvalue weighted by atomic mass is 16.2. The Balaban J connectivity index is 1.68. The molecule has 25 heavy (non-hydrogen) atoms. The number of rotatable bonds is 1. The van der Waals surface area contributed by atoms with E-state index in [4.69, 9.17) is 5.73 Å². The smallest absolute Gasteiger partial charge is 0.274 e. The van der Waals surface area contributed by atoms with Gasteiger partial charge >= 0.3 is 0 Å². The molecule has 0 radical (unpaired) electrons. The quantitative estimate of drug-likeness (QED) is 0.653. The highest BCUT2D eigenvalue weighted by Crippen LogP contribution is 2.17. The molecular weight excluding hydrogens is 322 g/mol. The van der Waals surface area contributed by atoms with E-state index in [9.17, 15) is 9.59 Å². The number of aryl methyl sites for hydroxylation is 2. The molecule has 1 amide bonds. The number of fused-ring (bicyclic) bond motifs is 2. The monoisotopic (exact) mass is 339 g/mol. The van der Waals surface area contributed by atoms with Crippen LogP contribution >= 0.6 is 0 Å². The van der Waals surface area contributed by atoms with Crippen molar-refractivity contribution in [2.45, 2.75) is 26.8 Å². The minimum absolute atomic E-state index is 0.0566. The van der Waals surface area contributed by atoms with E-state index < -0.39 is 0 Å². The van der Waals surface area contributed by atoms with Crippen LogP contribution in [0.1, 0.15) is 33.1 Å². The molecule has 0 saturated carbocycles. The summed E-state index contributed by atoms with van der Waals surface area (Å²) in [4.78, 5) is 37.4. The van der Waals surface area contributed by atoms with E-state index in [0.717, 1.165) is 11.4 Å². The normalized spacial score (nSPS) is 13.9. The average Bonchev–Trinajstić information content (AvgIpc) is 2.97. The fraction of sp³-hybridized carbons (Fsp3) is 0.312. The zero-order valence-electron chi connectivity index (χ0n) is 13.9. The van der Waals surface area contributed by atoms with Gasteiger partial charge in [0.15, 0.2) is 11.3 Å². The van der Waals surface area contributed by atoms with Gasteiger partial charge in [0, 0.05) is 29.6 Å². The van der Waals surface area contributed by atoms with Gasteiger partial charge in [-0.1, -0.05) is 0 Å². The van der Waals surface area contributed by atoms with Crippen molar-refractivity contribution in [1.82, 2.24) is 29.5 Å². The number of hydrogen-bond donors (Lipinski definition) is 2. The summed E-state index contributed by atoms with van der Waals surface area (Å²) in [6.45, 7) is 4.48. The maximum atomic E-state index is 12.8. The van der Waals surface area contributed by atoms with Gasteiger partial charge in [0.1, 0.15) is 0 Å². The Kier molecular flexibility index (Phi) is 3.31. The summed E-state index contributed by atoms with van der Waals surface area (Å²) in [5.41, 5.74) is 9.22. The summed E-state index contributed by atoms with van der Waals surface area (Å²) in [6.07, 6.45) is 0.438. The lowest BCUT2D eigenvalue weighted by Crippen LogP contribution is -2.39. The first-order valence-electron chi connectivity index (χ1n) is 7.93. The SMILES string of the molecule is Cc1cc(C)n2nc(C(=O)N3CCc4c(nc(N)[nH]c4=O)C3)cc2n1. The second-order valence-electron chi connectivity index (χ2n) is 6.19. The van der Waals surface area contributed by atoms with Crippen LogP contribution in [0, 0.1) is 13.8 Å². The van der Waals surface area contributed by atoms with Crippen molar-refractivity contribution in [3.8, 4) is 0 Å². The molecule has 1 aliphatic rings. The van der Waals surface area contributed by atoms with Gasteiger partial charge in [-0.15, -0.1) is 0 Å². The molecule has 128 valence electrons.